The van der Waals surface area contributed by atoms with Crippen molar-refractivity contribution in [3.8, 4) is 0 Å². The topological polar surface area (TPSA) is 58.2 Å². The zero-order valence-electron chi connectivity index (χ0n) is 13.1. The summed E-state index contributed by atoms with van der Waals surface area (Å²) in [5.74, 6) is -2.98. The van der Waals surface area contributed by atoms with E-state index in [4.69, 9.17) is 23.2 Å². The molecule has 2 N–H and O–H groups in total. The van der Waals surface area contributed by atoms with Crippen molar-refractivity contribution in [3.05, 3.63) is 69.2 Å². The van der Waals surface area contributed by atoms with E-state index < -0.39 is 29.5 Å². The van der Waals surface area contributed by atoms with Crippen molar-refractivity contribution in [2.75, 3.05) is 6.54 Å². The van der Waals surface area contributed by atoms with Gasteiger partial charge in [0.25, 0.3) is 5.91 Å². The van der Waals surface area contributed by atoms with E-state index in [-0.39, 0.29) is 17.1 Å². The van der Waals surface area contributed by atoms with Crippen LogP contribution in [0.5, 0.6) is 0 Å². The van der Waals surface area contributed by atoms with Gasteiger partial charge in [0, 0.05) is 5.02 Å². The lowest BCUT2D eigenvalue weighted by molar-refractivity contribution is -0.120. The monoisotopic (exact) mass is 386 g/mol. The molecule has 0 fully saturated rings. The van der Waals surface area contributed by atoms with Crippen LogP contribution in [0.25, 0.3) is 0 Å². The van der Waals surface area contributed by atoms with Crippen LogP contribution in [-0.4, -0.2) is 18.4 Å². The fourth-order valence-corrected chi connectivity index (χ4v) is 2.58. The van der Waals surface area contributed by atoms with Crippen molar-refractivity contribution in [2.24, 2.45) is 0 Å². The number of amides is 2. The number of rotatable bonds is 5. The molecule has 8 heteroatoms. The minimum absolute atomic E-state index is 0.167. The Morgan fingerprint density at radius 3 is 2.44 bits per heavy atom. The molecular formula is C17H14Cl2F2N2O2. The highest BCUT2D eigenvalue weighted by molar-refractivity contribution is 6.36. The molecule has 2 rings (SSSR count). The normalized spacial score (nSPS) is 11.7. The van der Waals surface area contributed by atoms with Gasteiger partial charge in [-0.1, -0.05) is 29.3 Å². The lowest BCUT2D eigenvalue weighted by atomic mass is 10.1. The fraction of sp³-hybridized carbons (Fsp3) is 0.176. The second-order valence-electron chi connectivity index (χ2n) is 5.27. The van der Waals surface area contributed by atoms with Crippen LogP contribution in [0.4, 0.5) is 8.78 Å². The molecule has 0 aliphatic carbocycles. The number of nitrogens with one attached hydrogen (secondary N) is 2. The predicted octanol–water partition coefficient (Wildman–Crippen LogP) is 3.88. The predicted molar refractivity (Wildman–Crippen MR) is 91.7 cm³/mol. The standard InChI is InChI=1S/C17H14Cl2F2N2O2/c1-9(10-2-5-14(20)15(21)6-10)23-16(24)8-22-17(25)12-4-3-11(18)7-13(12)19/h2-7,9H,8H2,1H3,(H,22,25)(H,23,24). The first-order valence-electron chi connectivity index (χ1n) is 7.25. The summed E-state index contributed by atoms with van der Waals surface area (Å²) in [4.78, 5) is 23.9. The van der Waals surface area contributed by atoms with Gasteiger partial charge in [0.2, 0.25) is 5.91 Å². The number of carbonyl (C=O) groups excluding carboxylic acids is 2. The average Bonchev–Trinajstić information content (AvgIpc) is 2.55. The molecule has 2 aromatic carbocycles. The average molecular weight is 387 g/mol. The van der Waals surface area contributed by atoms with Crippen LogP contribution in [0.1, 0.15) is 28.9 Å². The Bertz CT molecular complexity index is 815. The van der Waals surface area contributed by atoms with Crippen molar-refractivity contribution in [2.45, 2.75) is 13.0 Å². The van der Waals surface area contributed by atoms with Gasteiger partial charge in [0.05, 0.1) is 23.2 Å². The molecule has 2 amide bonds. The van der Waals surface area contributed by atoms with Gasteiger partial charge in [0.15, 0.2) is 11.6 Å². The smallest absolute Gasteiger partial charge is 0.253 e. The molecule has 25 heavy (non-hydrogen) atoms. The maximum atomic E-state index is 13.2. The van der Waals surface area contributed by atoms with E-state index in [0.717, 1.165) is 12.1 Å². The third kappa shape index (κ3) is 5.14. The van der Waals surface area contributed by atoms with Crippen LogP contribution in [-0.2, 0) is 4.79 Å². The van der Waals surface area contributed by atoms with Gasteiger partial charge in [-0.15, -0.1) is 0 Å². The molecule has 2 aromatic rings. The second kappa shape index (κ2) is 8.27. The molecule has 0 aliphatic rings. The summed E-state index contributed by atoms with van der Waals surface area (Å²) >= 11 is 11.7. The second-order valence-corrected chi connectivity index (χ2v) is 6.11. The van der Waals surface area contributed by atoms with Crippen LogP contribution >= 0.6 is 23.2 Å². The van der Waals surface area contributed by atoms with Gasteiger partial charge in [-0.25, -0.2) is 8.78 Å². The van der Waals surface area contributed by atoms with Gasteiger partial charge in [-0.3, -0.25) is 9.59 Å². The number of halogens is 4. The zero-order chi connectivity index (χ0) is 18.6. The summed E-state index contributed by atoms with van der Waals surface area (Å²) in [6.07, 6.45) is 0. The Balaban J connectivity index is 1.91. The van der Waals surface area contributed by atoms with Crippen LogP contribution in [0, 0.1) is 11.6 Å². The largest absolute Gasteiger partial charge is 0.348 e. The maximum absolute atomic E-state index is 13.2. The third-order valence-electron chi connectivity index (χ3n) is 3.41. The highest BCUT2D eigenvalue weighted by Crippen LogP contribution is 2.20. The van der Waals surface area contributed by atoms with E-state index in [1.54, 1.807) is 6.92 Å². The Labute approximate surface area is 153 Å². The molecule has 0 radical (unpaired) electrons. The zero-order valence-corrected chi connectivity index (χ0v) is 14.6. The summed E-state index contributed by atoms with van der Waals surface area (Å²) in [7, 11) is 0. The molecule has 0 aromatic heterocycles. The van der Waals surface area contributed by atoms with Crippen LogP contribution in [0.3, 0.4) is 0 Å². The van der Waals surface area contributed by atoms with Gasteiger partial charge in [-0.2, -0.15) is 0 Å². The molecule has 0 aliphatic heterocycles. The molecule has 0 spiro atoms. The summed E-state index contributed by atoms with van der Waals surface area (Å²) in [6.45, 7) is 1.31. The first-order chi connectivity index (χ1) is 11.8. The quantitative estimate of drug-likeness (QED) is 0.818. The van der Waals surface area contributed by atoms with E-state index in [1.165, 1.54) is 24.3 Å². The van der Waals surface area contributed by atoms with Crippen molar-refractivity contribution in [1.29, 1.82) is 0 Å². The minimum atomic E-state index is -0.996. The molecule has 132 valence electrons. The van der Waals surface area contributed by atoms with E-state index in [2.05, 4.69) is 10.6 Å². The van der Waals surface area contributed by atoms with Crippen LogP contribution in [0.2, 0.25) is 10.0 Å². The SMILES string of the molecule is CC(NC(=O)CNC(=O)c1ccc(Cl)cc1Cl)c1ccc(F)c(F)c1. The van der Waals surface area contributed by atoms with E-state index in [0.29, 0.717) is 10.6 Å². The number of benzene rings is 2. The Morgan fingerprint density at radius 2 is 1.80 bits per heavy atom. The van der Waals surface area contributed by atoms with Crippen molar-refractivity contribution >= 4 is 35.0 Å². The number of hydrogen-bond donors (Lipinski definition) is 2. The van der Waals surface area contributed by atoms with Crippen LogP contribution < -0.4 is 10.6 Å². The molecule has 0 saturated heterocycles. The Morgan fingerprint density at radius 1 is 1.08 bits per heavy atom. The lowest BCUT2D eigenvalue weighted by Crippen LogP contribution is -2.38. The summed E-state index contributed by atoms with van der Waals surface area (Å²) in [5, 5.41) is 5.56. The molecule has 0 saturated carbocycles. The van der Waals surface area contributed by atoms with E-state index in [9.17, 15) is 18.4 Å². The lowest BCUT2D eigenvalue weighted by Gasteiger charge is -2.15. The fourth-order valence-electron chi connectivity index (χ4n) is 2.09. The first kappa shape index (κ1) is 19.1. The molecule has 0 heterocycles. The van der Waals surface area contributed by atoms with E-state index >= 15 is 0 Å². The number of hydrogen-bond acceptors (Lipinski definition) is 2. The number of carbonyl (C=O) groups is 2. The molecule has 1 unspecified atom stereocenters. The summed E-state index contributed by atoms with van der Waals surface area (Å²) < 4.78 is 26.1. The van der Waals surface area contributed by atoms with Crippen LogP contribution in [0.15, 0.2) is 36.4 Å². The van der Waals surface area contributed by atoms with Gasteiger partial charge < -0.3 is 10.6 Å². The molecule has 0 bridgehead atoms. The van der Waals surface area contributed by atoms with E-state index in [1.807, 2.05) is 0 Å². The molecular weight excluding hydrogens is 373 g/mol. The van der Waals surface area contributed by atoms with Gasteiger partial charge in [-0.05, 0) is 42.8 Å². The molecule has 1 atom stereocenters. The van der Waals surface area contributed by atoms with Crippen molar-refractivity contribution in [3.63, 3.8) is 0 Å². The first-order valence-corrected chi connectivity index (χ1v) is 8.01. The highest BCUT2D eigenvalue weighted by Gasteiger charge is 2.15. The highest BCUT2D eigenvalue weighted by atomic mass is 35.5. The third-order valence-corrected chi connectivity index (χ3v) is 3.95. The Hall–Kier alpha value is -2.18. The summed E-state index contributed by atoms with van der Waals surface area (Å²) in [6, 6.07) is 7.18. The van der Waals surface area contributed by atoms with Gasteiger partial charge in [0.1, 0.15) is 0 Å². The molecule has 4 nitrogen and oxygen atoms in total. The van der Waals surface area contributed by atoms with Gasteiger partial charge >= 0.3 is 0 Å². The summed E-state index contributed by atoms with van der Waals surface area (Å²) in [5.41, 5.74) is 0.590. The Kier molecular flexibility index (Phi) is 6.33. The van der Waals surface area contributed by atoms with Crippen molar-refractivity contribution < 1.29 is 18.4 Å². The maximum Gasteiger partial charge on any atom is 0.253 e. The minimum Gasteiger partial charge on any atom is -0.348 e. The van der Waals surface area contributed by atoms with Crippen molar-refractivity contribution in [1.82, 2.24) is 10.6 Å².